The summed E-state index contributed by atoms with van der Waals surface area (Å²) in [7, 11) is 1.61. The molecule has 1 aliphatic heterocycles. The van der Waals surface area contributed by atoms with Gasteiger partial charge in [-0.05, 0) is 47.0 Å². The molecule has 3 heterocycles. The Bertz CT molecular complexity index is 1040. The molecule has 8 heteroatoms. The van der Waals surface area contributed by atoms with Gasteiger partial charge in [0.1, 0.15) is 5.75 Å². The summed E-state index contributed by atoms with van der Waals surface area (Å²) in [4.78, 5) is 27.1. The van der Waals surface area contributed by atoms with Gasteiger partial charge in [-0.25, -0.2) is 5.01 Å². The number of rotatable bonds is 8. The molecule has 0 bridgehead atoms. The number of hydrogen-bond donors (Lipinski definition) is 0. The Kier molecular flexibility index (Phi) is 6.79. The number of carbonyl (C=O) groups is 2. The lowest BCUT2D eigenvalue weighted by molar-refractivity contribution is -0.152. The molecular formula is C23H22N2O4S2. The summed E-state index contributed by atoms with van der Waals surface area (Å²) < 4.78 is 10.4. The molecule has 0 saturated carbocycles. The second-order valence-electron chi connectivity index (χ2n) is 7.01. The van der Waals surface area contributed by atoms with Gasteiger partial charge < -0.3 is 9.47 Å². The minimum absolute atomic E-state index is 0.164. The molecule has 1 unspecified atom stereocenters. The number of hydrazone groups is 1. The van der Waals surface area contributed by atoms with Gasteiger partial charge in [-0.1, -0.05) is 24.3 Å². The molecule has 1 amide bonds. The minimum Gasteiger partial charge on any atom is -0.497 e. The molecule has 0 aliphatic carbocycles. The normalized spacial score (nSPS) is 15.6. The van der Waals surface area contributed by atoms with Gasteiger partial charge in [0.25, 0.3) is 5.91 Å². The van der Waals surface area contributed by atoms with E-state index in [0.29, 0.717) is 12.8 Å². The standard InChI is InChI=1S/C23H22N2O4S2/c1-28-17-9-6-16(7-10-17)8-11-23(27)29-15-22(26)25-19(21-5-3-13-31-21)14-18(24-25)20-4-2-12-30-20/h2-7,9-10,12-13,19H,8,11,14-15H2,1H3. The van der Waals surface area contributed by atoms with Crippen molar-refractivity contribution in [2.75, 3.05) is 13.7 Å². The highest BCUT2D eigenvalue weighted by molar-refractivity contribution is 7.12. The highest BCUT2D eigenvalue weighted by Gasteiger charge is 2.34. The lowest BCUT2D eigenvalue weighted by Gasteiger charge is -2.20. The zero-order chi connectivity index (χ0) is 21.6. The molecule has 0 N–H and O–H groups in total. The van der Waals surface area contributed by atoms with Gasteiger partial charge in [0, 0.05) is 17.7 Å². The van der Waals surface area contributed by atoms with E-state index in [1.165, 1.54) is 5.01 Å². The molecular weight excluding hydrogens is 432 g/mol. The van der Waals surface area contributed by atoms with Crippen LogP contribution in [-0.4, -0.2) is 36.3 Å². The molecule has 1 aromatic carbocycles. The third-order valence-electron chi connectivity index (χ3n) is 4.98. The van der Waals surface area contributed by atoms with Crippen LogP contribution in [0.4, 0.5) is 0 Å². The highest BCUT2D eigenvalue weighted by atomic mass is 32.1. The average Bonchev–Trinajstić information content (AvgIpc) is 3.56. The van der Waals surface area contributed by atoms with Crippen LogP contribution in [0.2, 0.25) is 0 Å². The van der Waals surface area contributed by atoms with E-state index < -0.39 is 5.97 Å². The number of benzene rings is 1. The van der Waals surface area contributed by atoms with Crippen LogP contribution >= 0.6 is 22.7 Å². The van der Waals surface area contributed by atoms with Crippen molar-refractivity contribution in [1.82, 2.24) is 5.01 Å². The van der Waals surface area contributed by atoms with Crippen molar-refractivity contribution >= 4 is 40.3 Å². The predicted molar refractivity (Wildman–Crippen MR) is 122 cm³/mol. The number of nitrogens with zero attached hydrogens (tertiary/aromatic N) is 2. The summed E-state index contributed by atoms with van der Waals surface area (Å²) >= 11 is 3.19. The Morgan fingerprint density at radius 3 is 2.55 bits per heavy atom. The monoisotopic (exact) mass is 454 g/mol. The molecule has 160 valence electrons. The first-order valence-corrected chi connectivity index (χ1v) is 11.7. The number of methoxy groups -OCH3 is 1. The van der Waals surface area contributed by atoms with Crippen LogP contribution in [0.15, 0.2) is 64.4 Å². The van der Waals surface area contributed by atoms with Gasteiger partial charge >= 0.3 is 5.97 Å². The zero-order valence-electron chi connectivity index (χ0n) is 17.0. The number of thiophene rings is 2. The second-order valence-corrected chi connectivity index (χ2v) is 8.93. The number of ether oxygens (including phenoxy) is 2. The summed E-state index contributed by atoms with van der Waals surface area (Å²) in [5, 5.41) is 10.0. The van der Waals surface area contributed by atoms with E-state index in [9.17, 15) is 9.59 Å². The van der Waals surface area contributed by atoms with Gasteiger partial charge in [-0.2, -0.15) is 5.10 Å². The summed E-state index contributed by atoms with van der Waals surface area (Å²) in [6.45, 7) is -0.315. The van der Waals surface area contributed by atoms with Crippen molar-refractivity contribution in [2.45, 2.75) is 25.3 Å². The number of aryl methyl sites for hydroxylation is 1. The van der Waals surface area contributed by atoms with Crippen molar-refractivity contribution in [2.24, 2.45) is 5.10 Å². The van der Waals surface area contributed by atoms with Crippen LogP contribution in [-0.2, 0) is 20.7 Å². The molecule has 6 nitrogen and oxygen atoms in total. The number of amides is 1. The molecule has 31 heavy (non-hydrogen) atoms. The van der Waals surface area contributed by atoms with Gasteiger partial charge in [0.05, 0.1) is 23.7 Å². The molecule has 1 aliphatic rings. The van der Waals surface area contributed by atoms with E-state index in [0.717, 1.165) is 26.8 Å². The molecule has 0 spiro atoms. The fourth-order valence-corrected chi connectivity index (χ4v) is 4.89. The molecule has 4 rings (SSSR count). The number of hydrogen-bond acceptors (Lipinski definition) is 7. The largest absolute Gasteiger partial charge is 0.497 e. The van der Waals surface area contributed by atoms with E-state index >= 15 is 0 Å². The van der Waals surface area contributed by atoms with Crippen LogP contribution in [0.3, 0.4) is 0 Å². The summed E-state index contributed by atoms with van der Waals surface area (Å²) in [6, 6.07) is 15.3. The lowest BCUT2D eigenvalue weighted by Crippen LogP contribution is -2.31. The number of carbonyl (C=O) groups excluding carboxylic acids is 2. The summed E-state index contributed by atoms with van der Waals surface area (Å²) in [5.41, 5.74) is 1.89. The first-order valence-electron chi connectivity index (χ1n) is 9.89. The Morgan fingerprint density at radius 1 is 1.10 bits per heavy atom. The fraction of sp³-hybridized carbons (Fsp3) is 0.261. The van der Waals surface area contributed by atoms with Crippen LogP contribution in [0.25, 0.3) is 0 Å². The van der Waals surface area contributed by atoms with E-state index in [1.807, 2.05) is 59.3 Å². The van der Waals surface area contributed by atoms with Gasteiger partial charge in [-0.3, -0.25) is 9.59 Å². The lowest BCUT2D eigenvalue weighted by atomic mass is 10.1. The topological polar surface area (TPSA) is 68.2 Å². The van der Waals surface area contributed by atoms with Crippen molar-refractivity contribution in [3.8, 4) is 5.75 Å². The molecule has 1 atom stereocenters. The van der Waals surface area contributed by atoms with E-state index in [1.54, 1.807) is 29.8 Å². The van der Waals surface area contributed by atoms with Crippen LogP contribution in [0, 0.1) is 0 Å². The second kappa shape index (κ2) is 9.89. The predicted octanol–water partition coefficient (Wildman–Crippen LogP) is 4.67. The van der Waals surface area contributed by atoms with E-state index in [4.69, 9.17) is 9.47 Å². The van der Waals surface area contributed by atoms with Crippen molar-refractivity contribution < 1.29 is 19.1 Å². The van der Waals surface area contributed by atoms with Crippen molar-refractivity contribution in [3.63, 3.8) is 0 Å². The maximum Gasteiger partial charge on any atom is 0.306 e. The van der Waals surface area contributed by atoms with Gasteiger partial charge in [0.15, 0.2) is 6.61 Å². The van der Waals surface area contributed by atoms with Crippen molar-refractivity contribution in [1.29, 1.82) is 0 Å². The van der Waals surface area contributed by atoms with Gasteiger partial charge in [0.2, 0.25) is 0 Å². The first-order chi connectivity index (χ1) is 15.1. The average molecular weight is 455 g/mol. The maximum atomic E-state index is 12.9. The molecule has 0 radical (unpaired) electrons. The third kappa shape index (κ3) is 5.21. The van der Waals surface area contributed by atoms with Crippen LogP contribution < -0.4 is 4.74 Å². The summed E-state index contributed by atoms with van der Waals surface area (Å²) in [5.74, 6) is 0.0477. The summed E-state index contributed by atoms with van der Waals surface area (Å²) in [6.07, 6.45) is 1.40. The Balaban J connectivity index is 1.34. The molecule has 2 aromatic heterocycles. The van der Waals surface area contributed by atoms with Crippen LogP contribution in [0.1, 0.15) is 34.2 Å². The maximum absolute atomic E-state index is 12.9. The Labute approximate surface area is 188 Å². The smallest absolute Gasteiger partial charge is 0.306 e. The zero-order valence-corrected chi connectivity index (χ0v) is 18.7. The van der Waals surface area contributed by atoms with Gasteiger partial charge in [-0.15, -0.1) is 22.7 Å². The van der Waals surface area contributed by atoms with E-state index in [-0.39, 0.29) is 25.0 Å². The number of esters is 1. The Morgan fingerprint density at radius 2 is 1.87 bits per heavy atom. The minimum atomic E-state index is -0.404. The quantitative estimate of drug-likeness (QED) is 0.464. The highest BCUT2D eigenvalue weighted by Crippen LogP contribution is 2.35. The molecule has 0 saturated heterocycles. The fourth-order valence-electron chi connectivity index (χ4n) is 3.35. The van der Waals surface area contributed by atoms with Crippen molar-refractivity contribution in [3.05, 3.63) is 74.6 Å². The van der Waals surface area contributed by atoms with E-state index in [2.05, 4.69) is 5.10 Å². The first kappa shape index (κ1) is 21.3. The Hall–Kier alpha value is -2.97. The third-order valence-corrected chi connectivity index (χ3v) is 6.87. The molecule has 0 fully saturated rings. The SMILES string of the molecule is COc1ccc(CCC(=O)OCC(=O)N2N=C(c3cccs3)CC2c2cccs2)cc1. The molecule has 3 aromatic rings. The van der Waals surface area contributed by atoms with Crippen LogP contribution in [0.5, 0.6) is 5.75 Å².